The molecule has 21 heavy (non-hydrogen) atoms. The lowest BCUT2D eigenvalue weighted by molar-refractivity contribution is -0.132. The number of hydrogen-bond donors (Lipinski definition) is 1. The number of hydrogen-bond acceptors (Lipinski definition) is 3. The molecule has 1 atom stereocenters. The molecule has 1 aromatic carbocycles. The maximum absolute atomic E-state index is 12.2. The quantitative estimate of drug-likeness (QED) is 0.847. The Bertz CT molecular complexity index is 577. The zero-order valence-corrected chi connectivity index (χ0v) is 12.3. The summed E-state index contributed by atoms with van der Waals surface area (Å²) in [6.07, 6.45) is 5.97. The second-order valence-corrected chi connectivity index (χ2v) is 6.16. The van der Waals surface area contributed by atoms with Gasteiger partial charge >= 0.3 is 0 Å². The highest BCUT2D eigenvalue weighted by Gasteiger charge is 2.29. The number of likely N-dealkylation sites (tertiary alicyclic amines) is 1. The zero-order chi connectivity index (χ0) is 14.9. The highest BCUT2D eigenvalue weighted by Crippen LogP contribution is 2.26. The summed E-state index contributed by atoms with van der Waals surface area (Å²) < 4.78 is 5.47. The fourth-order valence-corrected chi connectivity index (χ4v) is 2.99. The second-order valence-electron chi connectivity index (χ2n) is 6.16. The number of aliphatic hydroxyl groups is 1. The Labute approximate surface area is 125 Å². The predicted molar refractivity (Wildman–Crippen MR) is 81.1 cm³/mol. The number of amides is 1. The van der Waals surface area contributed by atoms with Crippen molar-refractivity contribution in [3.05, 3.63) is 35.4 Å². The normalized spacial score (nSPS) is 25.0. The first-order valence-corrected chi connectivity index (χ1v) is 7.49. The molecule has 1 aromatic rings. The van der Waals surface area contributed by atoms with E-state index in [4.69, 9.17) is 4.74 Å². The number of β-amino-alcohol motifs (C(OH)–C–C–N with tert-alkyl or cyclic N) is 1. The van der Waals surface area contributed by atoms with Crippen molar-refractivity contribution in [1.82, 2.24) is 4.90 Å². The highest BCUT2D eigenvalue weighted by molar-refractivity contribution is 5.92. The van der Waals surface area contributed by atoms with Gasteiger partial charge in [0.1, 0.15) is 5.75 Å². The van der Waals surface area contributed by atoms with Crippen LogP contribution < -0.4 is 4.74 Å². The lowest BCUT2D eigenvalue weighted by atomic mass is 9.95. The van der Waals surface area contributed by atoms with Crippen molar-refractivity contribution in [1.29, 1.82) is 0 Å². The number of carbonyl (C=O) groups is 1. The topological polar surface area (TPSA) is 49.8 Å². The van der Waals surface area contributed by atoms with Gasteiger partial charge in [0.15, 0.2) is 0 Å². The van der Waals surface area contributed by atoms with Gasteiger partial charge in [-0.2, -0.15) is 0 Å². The van der Waals surface area contributed by atoms with Crippen LogP contribution in [0.1, 0.15) is 30.9 Å². The van der Waals surface area contributed by atoms with E-state index in [0.717, 1.165) is 43.7 Å². The average Bonchev–Trinajstić information content (AvgIpc) is 2.91. The number of carbonyl (C=O) groups excluding carboxylic acids is 1. The van der Waals surface area contributed by atoms with E-state index in [9.17, 15) is 9.90 Å². The van der Waals surface area contributed by atoms with Crippen LogP contribution in [-0.4, -0.2) is 41.2 Å². The summed E-state index contributed by atoms with van der Waals surface area (Å²) in [6.45, 7) is 3.66. The number of nitrogens with zero attached hydrogens (tertiary/aromatic N) is 1. The summed E-state index contributed by atoms with van der Waals surface area (Å²) in [4.78, 5) is 13.9. The second kappa shape index (κ2) is 5.53. The van der Waals surface area contributed by atoms with Crippen LogP contribution in [0.25, 0.3) is 6.08 Å². The van der Waals surface area contributed by atoms with Gasteiger partial charge in [0.25, 0.3) is 0 Å². The van der Waals surface area contributed by atoms with Gasteiger partial charge in [-0.3, -0.25) is 4.79 Å². The van der Waals surface area contributed by atoms with Gasteiger partial charge in [-0.1, -0.05) is 6.07 Å². The van der Waals surface area contributed by atoms with Crippen molar-refractivity contribution < 1.29 is 14.6 Å². The molecule has 112 valence electrons. The van der Waals surface area contributed by atoms with E-state index in [2.05, 4.69) is 6.07 Å². The van der Waals surface area contributed by atoms with E-state index in [-0.39, 0.29) is 5.91 Å². The largest absolute Gasteiger partial charge is 0.493 e. The third kappa shape index (κ3) is 3.27. The van der Waals surface area contributed by atoms with Gasteiger partial charge in [-0.05, 0) is 49.1 Å². The van der Waals surface area contributed by atoms with Crippen LogP contribution in [0.2, 0.25) is 0 Å². The lowest BCUT2D eigenvalue weighted by Crippen LogP contribution is -2.48. The van der Waals surface area contributed by atoms with Gasteiger partial charge in [0.2, 0.25) is 5.91 Å². The van der Waals surface area contributed by atoms with Crippen LogP contribution in [0, 0.1) is 0 Å². The van der Waals surface area contributed by atoms with E-state index in [1.165, 1.54) is 5.56 Å². The van der Waals surface area contributed by atoms with E-state index in [0.29, 0.717) is 6.54 Å². The maximum atomic E-state index is 12.2. The number of piperidine rings is 1. The Kier molecular flexibility index (Phi) is 3.72. The van der Waals surface area contributed by atoms with Gasteiger partial charge in [-0.15, -0.1) is 0 Å². The minimum absolute atomic E-state index is 0.0354. The summed E-state index contributed by atoms with van der Waals surface area (Å²) in [7, 11) is 0. The Hall–Kier alpha value is -1.81. The molecule has 0 bridgehead atoms. The molecule has 0 spiro atoms. The van der Waals surface area contributed by atoms with Crippen LogP contribution in [0.15, 0.2) is 24.3 Å². The van der Waals surface area contributed by atoms with Crippen molar-refractivity contribution >= 4 is 12.0 Å². The Morgan fingerprint density at radius 1 is 1.48 bits per heavy atom. The minimum Gasteiger partial charge on any atom is -0.493 e. The van der Waals surface area contributed by atoms with Crippen molar-refractivity contribution in [2.75, 3.05) is 19.7 Å². The summed E-state index contributed by atoms with van der Waals surface area (Å²) in [5, 5.41) is 10.1. The van der Waals surface area contributed by atoms with Crippen molar-refractivity contribution in [2.45, 2.75) is 31.8 Å². The molecule has 2 aliphatic heterocycles. The molecule has 1 saturated heterocycles. The molecule has 1 unspecified atom stereocenters. The molecule has 4 nitrogen and oxygen atoms in total. The lowest BCUT2D eigenvalue weighted by Gasteiger charge is -2.36. The standard InChI is InChI=1S/C17H21NO3/c1-17(20)8-2-9-18(12-17)16(19)6-4-13-3-5-15-14(11-13)7-10-21-15/h3-6,11,20H,2,7-10,12H2,1H3/b6-4+. The molecular formula is C17H21NO3. The molecule has 1 N–H and O–H groups in total. The van der Waals surface area contributed by atoms with Crippen molar-refractivity contribution in [3.8, 4) is 5.75 Å². The fourth-order valence-electron chi connectivity index (χ4n) is 2.99. The first kappa shape index (κ1) is 14.1. The molecule has 1 fully saturated rings. The molecule has 2 heterocycles. The van der Waals surface area contributed by atoms with Crippen molar-refractivity contribution in [2.24, 2.45) is 0 Å². The van der Waals surface area contributed by atoms with Crippen LogP contribution in [0.3, 0.4) is 0 Å². The third-order valence-corrected chi connectivity index (χ3v) is 4.12. The molecular weight excluding hydrogens is 266 g/mol. The van der Waals surface area contributed by atoms with Crippen LogP contribution in [-0.2, 0) is 11.2 Å². The summed E-state index contributed by atoms with van der Waals surface area (Å²) in [5.74, 6) is 0.914. The Morgan fingerprint density at radius 2 is 2.33 bits per heavy atom. The van der Waals surface area contributed by atoms with Crippen LogP contribution >= 0.6 is 0 Å². The molecule has 1 amide bonds. The number of benzene rings is 1. The van der Waals surface area contributed by atoms with E-state index in [1.807, 2.05) is 18.2 Å². The molecule has 2 aliphatic rings. The Balaban J connectivity index is 1.67. The monoisotopic (exact) mass is 287 g/mol. The summed E-state index contributed by atoms with van der Waals surface area (Å²) >= 11 is 0. The molecule has 0 radical (unpaired) electrons. The van der Waals surface area contributed by atoms with Crippen LogP contribution in [0.5, 0.6) is 5.75 Å². The van der Waals surface area contributed by atoms with E-state index >= 15 is 0 Å². The summed E-state index contributed by atoms with van der Waals surface area (Å²) in [5.41, 5.74) is 1.45. The molecule has 0 aliphatic carbocycles. The molecule has 4 heteroatoms. The molecule has 0 saturated carbocycles. The van der Waals surface area contributed by atoms with Gasteiger partial charge in [-0.25, -0.2) is 0 Å². The highest BCUT2D eigenvalue weighted by atomic mass is 16.5. The average molecular weight is 287 g/mol. The van der Waals surface area contributed by atoms with Crippen molar-refractivity contribution in [3.63, 3.8) is 0 Å². The zero-order valence-electron chi connectivity index (χ0n) is 12.3. The molecule has 0 aromatic heterocycles. The first-order valence-electron chi connectivity index (χ1n) is 7.49. The number of rotatable bonds is 2. The Morgan fingerprint density at radius 3 is 3.14 bits per heavy atom. The third-order valence-electron chi connectivity index (χ3n) is 4.12. The maximum Gasteiger partial charge on any atom is 0.246 e. The number of ether oxygens (including phenoxy) is 1. The molecule has 3 rings (SSSR count). The fraction of sp³-hybridized carbons (Fsp3) is 0.471. The van der Waals surface area contributed by atoms with Gasteiger partial charge in [0.05, 0.1) is 12.2 Å². The summed E-state index contributed by atoms with van der Waals surface area (Å²) in [6, 6.07) is 5.98. The van der Waals surface area contributed by atoms with E-state index in [1.54, 1.807) is 17.9 Å². The minimum atomic E-state index is -0.757. The smallest absolute Gasteiger partial charge is 0.246 e. The van der Waals surface area contributed by atoms with E-state index < -0.39 is 5.60 Å². The van der Waals surface area contributed by atoms with Gasteiger partial charge < -0.3 is 14.7 Å². The first-order chi connectivity index (χ1) is 10.0. The number of fused-ring (bicyclic) bond motifs is 1. The van der Waals surface area contributed by atoms with Crippen LogP contribution in [0.4, 0.5) is 0 Å². The predicted octanol–water partition coefficient (Wildman–Crippen LogP) is 2.01. The van der Waals surface area contributed by atoms with Gasteiger partial charge in [0, 0.05) is 25.6 Å². The SMILES string of the molecule is CC1(O)CCCN(C(=O)/C=C/c2ccc3c(c2)CCO3)C1.